The maximum Gasteiger partial charge on any atom is 0.216 e. The molecule has 2 rings (SSSR count). The highest BCUT2D eigenvalue weighted by Crippen LogP contribution is 2.25. The smallest absolute Gasteiger partial charge is 0.216 e. The maximum absolute atomic E-state index is 12.0. The molecule has 20 heavy (non-hydrogen) atoms. The minimum Gasteiger partial charge on any atom is -0.265 e. The van der Waals surface area contributed by atoms with E-state index in [1.807, 2.05) is 0 Å². The van der Waals surface area contributed by atoms with Gasteiger partial charge in [-0.05, 0) is 29.8 Å². The topological polar surface area (TPSA) is 59.1 Å². The molecule has 2 aromatic rings. The van der Waals surface area contributed by atoms with Gasteiger partial charge in [0.15, 0.2) is 0 Å². The second kappa shape index (κ2) is 6.54. The van der Waals surface area contributed by atoms with Crippen molar-refractivity contribution in [3.05, 3.63) is 63.9 Å². The van der Waals surface area contributed by atoms with Crippen molar-refractivity contribution in [2.75, 3.05) is 0 Å². The van der Waals surface area contributed by atoms with E-state index in [0.29, 0.717) is 15.6 Å². The van der Waals surface area contributed by atoms with Gasteiger partial charge in [-0.25, -0.2) is 13.1 Å². The third-order valence-corrected chi connectivity index (χ3v) is 4.60. The quantitative estimate of drug-likeness (QED) is 0.916. The Hall–Kier alpha value is -1.14. The summed E-state index contributed by atoms with van der Waals surface area (Å²) in [6.45, 7) is 0.201. The molecule has 0 fully saturated rings. The maximum atomic E-state index is 12.0. The van der Waals surface area contributed by atoms with Gasteiger partial charge in [0.1, 0.15) is 0 Å². The Bertz CT molecular complexity index is 671. The summed E-state index contributed by atoms with van der Waals surface area (Å²) in [5.41, 5.74) is 1.23. The fourth-order valence-electron chi connectivity index (χ4n) is 1.61. The first-order valence-electron chi connectivity index (χ1n) is 5.77. The van der Waals surface area contributed by atoms with Crippen molar-refractivity contribution in [3.63, 3.8) is 0 Å². The highest BCUT2D eigenvalue weighted by Gasteiger charge is 2.16. The SMILES string of the molecule is O=S(=O)(Cc1c(Cl)cccc1Cl)NCc1ccncc1. The van der Waals surface area contributed by atoms with E-state index in [-0.39, 0.29) is 12.3 Å². The Labute approximate surface area is 127 Å². The molecule has 7 heteroatoms. The van der Waals surface area contributed by atoms with Gasteiger partial charge in [0.05, 0.1) is 5.75 Å². The Balaban J connectivity index is 2.08. The second-order valence-electron chi connectivity index (χ2n) is 4.14. The van der Waals surface area contributed by atoms with Crippen molar-refractivity contribution in [1.82, 2.24) is 9.71 Å². The second-order valence-corrected chi connectivity index (χ2v) is 6.76. The summed E-state index contributed by atoms with van der Waals surface area (Å²) in [5, 5.41) is 0.679. The lowest BCUT2D eigenvalue weighted by Gasteiger charge is -2.09. The number of benzene rings is 1. The van der Waals surface area contributed by atoms with E-state index in [2.05, 4.69) is 9.71 Å². The summed E-state index contributed by atoms with van der Waals surface area (Å²) < 4.78 is 26.6. The zero-order valence-corrected chi connectivity index (χ0v) is 12.7. The first-order valence-corrected chi connectivity index (χ1v) is 8.18. The molecule has 4 nitrogen and oxygen atoms in total. The first-order chi connectivity index (χ1) is 9.48. The molecule has 106 valence electrons. The molecule has 0 atom stereocenters. The molecule has 0 saturated heterocycles. The Kier molecular flexibility index (Phi) is 4.99. The van der Waals surface area contributed by atoms with E-state index in [0.717, 1.165) is 5.56 Å². The van der Waals surface area contributed by atoms with Crippen molar-refractivity contribution >= 4 is 33.2 Å². The minimum absolute atomic E-state index is 0.201. The monoisotopic (exact) mass is 330 g/mol. The van der Waals surface area contributed by atoms with Crippen LogP contribution in [0.15, 0.2) is 42.7 Å². The van der Waals surface area contributed by atoms with Crippen LogP contribution in [0.3, 0.4) is 0 Å². The predicted molar refractivity (Wildman–Crippen MR) is 80.2 cm³/mol. The van der Waals surface area contributed by atoms with Crippen LogP contribution in [-0.4, -0.2) is 13.4 Å². The number of sulfonamides is 1. The van der Waals surface area contributed by atoms with Gasteiger partial charge in [-0.2, -0.15) is 0 Å². The molecule has 1 N–H and O–H groups in total. The number of hydrogen-bond acceptors (Lipinski definition) is 3. The van der Waals surface area contributed by atoms with Crippen LogP contribution in [-0.2, 0) is 22.3 Å². The average Bonchev–Trinajstić information content (AvgIpc) is 2.42. The molecular formula is C13H12Cl2N2O2S. The Morgan fingerprint density at radius 3 is 2.25 bits per heavy atom. The summed E-state index contributed by atoms with van der Waals surface area (Å²) in [6.07, 6.45) is 3.21. The number of nitrogens with zero attached hydrogens (tertiary/aromatic N) is 1. The number of aromatic nitrogens is 1. The van der Waals surface area contributed by atoms with Gasteiger partial charge in [-0.3, -0.25) is 4.98 Å². The lowest BCUT2D eigenvalue weighted by molar-refractivity contribution is 0.580. The van der Waals surface area contributed by atoms with Gasteiger partial charge in [0, 0.05) is 34.5 Å². The number of nitrogens with one attached hydrogen (secondary N) is 1. The van der Waals surface area contributed by atoms with Crippen LogP contribution in [0, 0.1) is 0 Å². The van der Waals surface area contributed by atoms with Crippen molar-refractivity contribution in [2.45, 2.75) is 12.3 Å². The fourth-order valence-corrected chi connectivity index (χ4v) is 3.47. The lowest BCUT2D eigenvalue weighted by atomic mass is 10.2. The summed E-state index contributed by atoms with van der Waals surface area (Å²) >= 11 is 11.9. The molecule has 1 aromatic carbocycles. The molecule has 1 heterocycles. The van der Waals surface area contributed by atoms with Crippen molar-refractivity contribution in [1.29, 1.82) is 0 Å². The summed E-state index contributed by atoms with van der Waals surface area (Å²) in [4.78, 5) is 3.87. The molecule has 0 amide bonds. The molecule has 0 saturated carbocycles. The molecule has 0 bridgehead atoms. The number of halogens is 2. The Morgan fingerprint density at radius 2 is 1.65 bits per heavy atom. The molecule has 0 aliphatic carbocycles. The van der Waals surface area contributed by atoms with Gasteiger partial charge >= 0.3 is 0 Å². The molecule has 0 aliphatic rings. The van der Waals surface area contributed by atoms with E-state index in [9.17, 15) is 8.42 Å². The number of hydrogen-bond donors (Lipinski definition) is 1. The fraction of sp³-hybridized carbons (Fsp3) is 0.154. The normalized spacial score (nSPS) is 11.5. The van der Waals surface area contributed by atoms with Crippen molar-refractivity contribution in [3.8, 4) is 0 Å². The van der Waals surface area contributed by atoms with Crippen LogP contribution < -0.4 is 4.72 Å². The van der Waals surface area contributed by atoms with Crippen LogP contribution in [0.2, 0.25) is 10.0 Å². The minimum atomic E-state index is -3.52. The van der Waals surface area contributed by atoms with E-state index in [1.165, 1.54) is 0 Å². The summed E-state index contributed by atoms with van der Waals surface area (Å²) in [7, 11) is -3.52. The highest BCUT2D eigenvalue weighted by atomic mass is 35.5. The van der Waals surface area contributed by atoms with E-state index < -0.39 is 10.0 Å². The van der Waals surface area contributed by atoms with Gasteiger partial charge in [0.25, 0.3) is 0 Å². The van der Waals surface area contributed by atoms with Crippen LogP contribution >= 0.6 is 23.2 Å². The molecule has 0 aliphatic heterocycles. The lowest BCUT2D eigenvalue weighted by Crippen LogP contribution is -2.25. The first kappa shape index (κ1) is 15.3. The van der Waals surface area contributed by atoms with Crippen LogP contribution in [0.25, 0.3) is 0 Å². The van der Waals surface area contributed by atoms with Gasteiger partial charge < -0.3 is 0 Å². The molecular weight excluding hydrogens is 319 g/mol. The van der Waals surface area contributed by atoms with Crippen molar-refractivity contribution in [2.24, 2.45) is 0 Å². The zero-order valence-electron chi connectivity index (χ0n) is 10.4. The predicted octanol–water partition coefficient (Wildman–Crippen LogP) is 3.01. The standard InChI is InChI=1S/C13H12Cl2N2O2S/c14-12-2-1-3-13(15)11(12)9-20(18,19)17-8-10-4-6-16-7-5-10/h1-7,17H,8-9H2. The average molecular weight is 331 g/mol. The van der Waals surface area contributed by atoms with E-state index in [1.54, 1.807) is 42.7 Å². The van der Waals surface area contributed by atoms with Gasteiger partial charge in [-0.15, -0.1) is 0 Å². The van der Waals surface area contributed by atoms with Crippen LogP contribution in [0.5, 0.6) is 0 Å². The third-order valence-electron chi connectivity index (χ3n) is 2.64. The molecule has 1 aromatic heterocycles. The van der Waals surface area contributed by atoms with Crippen molar-refractivity contribution < 1.29 is 8.42 Å². The zero-order chi connectivity index (χ0) is 14.6. The molecule has 0 spiro atoms. The van der Waals surface area contributed by atoms with E-state index >= 15 is 0 Å². The summed E-state index contributed by atoms with van der Waals surface area (Å²) in [6, 6.07) is 8.38. The van der Waals surface area contributed by atoms with Crippen LogP contribution in [0.1, 0.15) is 11.1 Å². The highest BCUT2D eigenvalue weighted by molar-refractivity contribution is 7.88. The van der Waals surface area contributed by atoms with E-state index in [4.69, 9.17) is 23.2 Å². The largest absolute Gasteiger partial charge is 0.265 e. The van der Waals surface area contributed by atoms with Gasteiger partial charge in [-0.1, -0.05) is 29.3 Å². The van der Waals surface area contributed by atoms with Gasteiger partial charge in [0.2, 0.25) is 10.0 Å². The molecule has 0 radical (unpaired) electrons. The Morgan fingerprint density at radius 1 is 1.05 bits per heavy atom. The number of rotatable bonds is 5. The third kappa shape index (κ3) is 4.18. The molecule has 0 unspecified atom stereocenters. The number of pyridine rings is 1. The van der Waals surface area contributed by atoms with Crippen LogP contribution in [0.4, 0.5) is 0 Å². The summed E-state index contributed by atoms with van der Waals surface area (Å²) in [5.74, 6) is -0.253.